The molecular formula is C21H28ClN5O. The highest BCUT2D eigenvalue weighted by atomic mass is 35.5. The van der Waals surface area contributed by atoms with E-state index in [2.05, 4.69) is 65.0 Å². The Morgan fingerprint density at radius 1 is 1.18 bits per heavy atom. The number of nitrogens with one attached hydrogen (secondary N) is 2. The number of carbonyl (C=O) groups is 1. The monoisotopic (exact) mass is 401 g/mol. The van der Waals surface area contributed by atoms with E-state index in [4.69, 9.17) is 11.6 Å². The topological polar surface area (TPSA) is 60.0 Å². The molecule has 1 unspecified atom stereocenters. The van der Waals surface area contributed by atoms with Crippen LogP contribution >= 0.6 is 11.6 Å². The Balaban J connectivity index is 1.52. The number of aliphatic imine (C=N–C) groups is 1. The van der Waals surface area contributed by atoms with Crippen molar-refractivity contribution in [3.63, 3.8) is 0 Å². The Bertz CT molecular complexity index is 811. The van der Waals surface area contributed by atoms with Gasteiger partial charge in [-0.1, -0.05) is 30.3 Å². The fourth-order valence-electron chi connectivity index (χ4n) is 4.92. The van der Waals surface area contributed by atoms with Gasteiger partial charge in [0, 0.05) is 11.7 Å². The minimum Gasteiger partial charge on any atom is -0.335 e. The van der Waals surface area contributed by atoms with E-state index < -0.39 is 0 Å². The minimum absolute atomic E-state index is 0.0153. The molecule has 1 aliphatic carbocycles. The lowest BCUT2D eigenvalue weighted by molar-refractivity contribution is 0.0627. The average Bonchev–Trinajstić information content (AvgIpc) is 2.99. The maximum Gasteiger partial charge on any atom is 0.322 e. The second kappa shape index (κ2) is 7.08. The van der Waals surface area contributed by atoms with Gasteiger partial charge in [0.25, 0.3) is 0 Å². The van der Waals surface area contributed by atoms with Crippen molar-refractivity contribution in [3.8, 4) is 0 Å². The number of nitrogens with zero attached hydrogens (tertiary/aromatic N) is 3. The third-order valence-corrected chi connectivity index (χ3v) is 6.87. The molecule has 1 saturated heterocycles. The number of hydrogen-bond donors (Lipinski definition) is 2. The van der Waals surface area contributed by atoms with E-state index in [9.17, 15) is 4.79 Å². The van der Waals surface area contributed by atoms with Gasteiger partial charge in [0.05, 0.1) is 23.8 Å². The van der Waals surface area contributed by atoms with E-state index in [1.54, 1.807) is 6.20 Å². The molecule has 1 atom stereocenters. The molecule has 0 aromatic heterocycles. The summed E-state index contributed by atoms with van der Waals surface area (Å²) < 4.78 is 0. The van der Waals surface area contributed by atoms with Gasteiger partial charge in [0.1, 0.15) is 0 Å². The van der Waals surface area contributed by atoms with Gasteiger partial charge in [0.15, 0.2) is 5.29 Å². The van der Waals surface area contributed by atoms with Crippen molar-refractivity contribution in [1.82, 2.24) is 20.4 Å². The van der Waals surface area contributed by atoms with Crippen LogP contribution in [0.15, 0.2) is 47.2 Å². The molecule has 28 heavy (non-hydrogen) atoms. The normalized spacial score (nSPS) is 32.8. The predicted octanol–water partition coefficient (Wildman–Crippen LogP) is 3.21. The van der Waals surface area contributed by atoms with Crippen molar-refractivity contribution >= 4 is 22.9 Å². The molecule has 1 aromatic rings. The summed E-state index contributed by atoms with van der Waals surface area (Å²) in [6.07, 6.45) is 5.71. The van der Waals surface area contributed by atoms with Crippen molar-refractivity contribution in [2.75, 3.05) is 20.6 Å². The van der Waals surface area contributed by atoms with E-state index in [0.29, 0.717) is 11.8 Å². The van der Waals surface area contributed by atoms with Gasteiger partial charge in [-0.15, -0.1) is 0 Å². The second-order valence-corrected chi connectivity index (χ2v) is 8.76. The largest absolute Gasteiger partial charge is 0.335 e. The zero-order chi connectivity index (χ0) is 19.9. The molecule has 6 nitrogen and oxygen atoms in total. The van der Waals surface area contributed by atoms with E-state index in [1.165, 1.54) is 5.56 Å². The number of rotatable bonds is 3. The van der Waals surface area contributed by atoms with Crippen LogP contribution in [0.5, 0.6) is 0 Å². The van der Waals surface area contributed by atoms with Crippen LogP contribution in [-0.4, -0.2) is 53.3 Å². The molecule has 1 aromatic carbocycles. The van der Waals surface area contributed by atoms with Crippen LogP contribution in [0.1, 0.15) is 38.2 Å². The van der Waals surface area contributed by atoms with E-state index in [-0.39, 0.29) is 23.2 Å². The molecule has 4 rings (SSSR count). The van der Waals surface area contributed by atoms with E-state index in [0.717, 1.165) is 31.4 Å². The molecular weight excluding hydrogens is 374 g/mol. The first-order chi connectivity index (χ1) is 13.4. The molecule has 1 saturated carbocycles. The fourth-order valence-corrected chi connectivity index (χ4v) is 5.12. The summed E-state index contributed by atoms with van der Waals surface area (Å²) >= 11 is 5.95. The average molecular weight is 402 g/mol. The summed E-state index contributed by atoms with van der Waals surface area (Å²) in [6, 6.07) is 10.6. The van der Waals surface area contributed by atoms with Crippen LogP contribution in [0.4, 0.5) is 4.79 Å². The van der Waals surface area contributed by atoms with Gasteiger partial charge in [0.2, 0.25) is 0 Å². The van der Waals surface area contributed by atoms with Crippen molar-refractivity contribution in [2.45, 2.75) is 49.7 Å². The standard InChI is InChI=1S/C21H28ClN5O/c1-15-17(13-23-18(22)24-15)27-14-20(25-19(27)28)9-11-21(12-10-20,26(2)3)16-7-5-4-6-8-16/h4-8,13,15H,9-12,14H2,1-3H3,(H,23,24)(H,25,28). The van der Waals surface area contributed by atoms with Crippen molar-refractivity contribution in [2.24, 2.45) is 4.99 Å². The lowest BCUT2D eigenvalue weighted by Crippen LogP contribution is -2.54. The van der Waals surface area contributed by atoms with Gasteiger partial charge >= 0.3 is 6.03 Å². The molecule has 2 heterocycles. The molecule has 2 aliphatic heterocycles. The number of amides is 2. The Morgan fingerprint density at radius 2 is 1.86 bits per heavy atom. The van der Waals surface area contributed by atoms with Gasteiger partial charge in [-0.2, -0.15) is 0 Å². The van der Waals surface area contributed by atoms with Crippen molar-refractivity contribution in [1.29, 1.82) is 0 Å². The van der Waals surface area contributed by atoms with E-state index in [1.807, 2.05) is 11.8 Å². The summed E-state index contributed by atoms with van der Waals surface area (Å²) in [5.74, 6) is 0. The zero-order valence-corrected chi connectivity index (χ0v) is 17.5. The van der Waals surface area contributed by atoms with Crippen molar-refractivity contribution < 1.29 is 4.79 Å². The molecule has 3 aliphatic rings. The zero-order valence-electron chi connectivity index (χ0n) is 16.7. The molecule has 150 valence electrons. The van der Waals surface area contributed by atoms with Gasteiger partial charge < -0.3 is 10.6 Å². The van der Waals surface area contributed by atoms with E-state index >= 15 is 0 Å². The fraction of sp³-hybridized carbons (Fsp3) is 0.524. The Hall–Kier alpha value is -2.05. The molecule has 0 bridgehead atoms. The SMILES string of the molecule is CC1N=C(Cl)NC=C1N1CC2(CCC(c3ccccc3)(N(C)C)CC2)NC1=O. The summed E-state index contributed by atoms with van der Waals surface area (Å²) in [7, 11) is 4.32. The molecule has 0 radical (unpaired) electrons. The first kappa shape index (κ1) is 19.3. The number of urea groups is 1. The van der Waals surface area contributed by atoms with Gasteiger partial charge in [-0.05, 0) is 63.9 Å². The third kappa shape index (κ3) is 3.18. The number of halogens is 1. The maximum atomic E-state index is 12.8. The molecule has 7 heteroatoms. The van der Waals surface area contributed by atoms with Crippen LogP contribution in [0.2, 0.25) is 0 Å². The first-order valence-electron chi connectivity index (χ1n) is 9.88. The number of carbonyl (C=O) groups excluding carboxylic acids is 1. The Labute approximate surface area is 171 Å². The summed E-state index contributed by atoms with van der Waals surface area (Å²) in [5.41, 5.74) is 2.05. The predicted molar refractivity (Wildman–Crippen MR) is 112 cm³/mol. The van der Waals surface area contributed by atoms with Gasteiger partial charge in [-0.3, -0.25) is 9.80 Å². The number of amidine groups is 1. The molecule has 2 fully saturated rings. The summed E-state index contributed by atoms with van der Waals surface area (Å²) in [6.45, 7) is 2.63. The Kier molecular flexibility index (Phi) is 4.88. The first-order valence-corrected chi connectivity index (χ1v) is 10.3. The molecule has 2 N–H and O–H groups in total. The lowest BCUT2D eigenvalue weighted by Gasteiger charge is -2.48. The van der Waals surface area contributed by atoms with Crippen molar-refractivity contribution in [3.05, 3.63) is 47.8 Å². The Morgan fingerprint density at radius 3 is 2.46 bits per heavy atom. The van der Waals surface area contributed by atoms with Gasteiger partial charge in [-0.25, -0.2) is 9.79 Å². The number of benzene rings is 1. The minimum atomic E-state index is -0.184. The summed E-state index contributed by atoms with van der Waals surface area (Å²) in [4.78, 5) is 21.3. The second-order valence-electron chi connectivity index (χ2n) is 8.40. The smallest absolute Gasteiger partial charge is 0.322 e. The van der Waals surface area contributed by atoms with Crippen LogP contribution in [-0.2, 0) is 5.54 Å². The molecule has 2 amide bonds. The molecule has 1 spiro atoms. The maximum absolute atomic E-state index is 12.8. The van der Waals surface area contributed by atoms with Crippen LogP contribution < -0.4 is 10.6 Å². The van der Waals surface area contributed by atoms with Crippen LogP contribution in [0.25, 0.3) is 0 Å². The summed E-state index contributed by atoms with van der Waals surface area (Å²) in [5, 5.41) is 6.58. The lowest BCUT2D eigenvalue weighted by atomic mass is 9.69. The van der Waals surface area contributed by atoms with Crippen LogP contribution in [0, 0.1) is 0 Å². The number of hydrogen-bond acceptors (Lipinski definition) is 4. The highest BCUT2D eigenvalue weighted by Crippen LogP contribution is 2.46. The third-order valence-electron chi connectivity index (χ3n) is 6.67. The highest BCUT2D eigenvalue weighted by molar-refractivity contribution is 6.64. The van der Waals surface area contributed by atoms with Crippen LogP contribution in [0.3, 0.4) is 0 Å². The quantitative estimate of drug-likeness (QED) is 0.764. The highest BCUT2D eigenvalue weighted by Gasteiger charge is 2.51.